The average Bonchev–Trinajstić information content (AvgIpc) is 3.10. The zero-order chi connectivity index (χ0) is 23.6. The van der Waals surface area contributed by atoms with E-state index in [1.54, 1.807) is 55.5 Å². The van der Waals surface area contributed by atoms with Crippen molar-refractivity contribution >= 4 is 49.4 Å². The van der Waals surface area contributed by atoms with E-state index in [-0.39, 0.29) is 22.3 Å². The molecule has 1 aliphatic heterocycles. The molecule has 0 fully saturated rings. The fraction of sp³-hybridized carbons (Fsp3) is 0.0833. The van der Waals surface area contributed by atoms with Crippen LogP contribution in [0.2, 0.25) is 0 Å². The minimum atomic E-state index is -4.06. The minimum absolute atomic E-state index is 0.0116. The summed E-state index contributed by atoms with van der Waals surface area (Å²) in [7, 11) is -2.66. The van der Waals surface area contributed by atoms with E-state index in [0.29, 0.717) is 27.0 Å². The summed E-state index contributed by atoms with van der Waals surface area (Å²) in [5.41, 5.74) is 2.25. The fourth-order valence-corrected chi connectivity index (χ4v) is 4.87. The number of ether oxygens (including phenoxy) is 1. The maximum absolute atomic E-state index is 13.0. The van der Waals surface area contributed by atoms with Gasteiger partial charge in [0.15, 0.2) is 11.5 Å². The quantitative estimate of drug-likeness (QED) is 0.332. The van der Waals surface area contributed by atoms with Crippen LogP contribution in [0.25, 0.3) is 6.08 Å². The molecule has 0 aromatic heterocycles. The first-order valence-corrected chi connectivity index (χ1v) is 12.0. The van der Waals surface area contributed by atoms with Crippen molar-refractivity contribution < 1.29 is 22.1 Å². The second-order valence-electron chi connectivity index (χ2n) is 7.08. The average molecular weight is 527 g/mol. The van der Waals surface area contributed by atoms with Crippen molar-refractivity contribution in [2.24, 2.45) is 5.10 Å². The van der Waals surface area contributed by atoms with E-state index in [2.05, 4.69) is 21.0 Å². The van der Waals surface area contributed by atoms with Gasteiger partial charge in [0, 0.05) is 0 Å². The third kappa shape index (κ3) is 4.69. The van der Waals surface area contributed by atoms with Crippen molar-refractivity contribution in [3.8, 4) is 11.5 Å². The molecule has 3 aromatic carbocycles. The van der Waals surface area contributed by atoms with E-state index in [4.69, 9.17) is 8.92 Å². The second-order valence-corrected chi connectivity index (χ2v) is 9.48. The molecule has 0 spiro atoms. The molecule has 168 valence electrons. The van der Waals surface area contributed by atoms with Gasteiger partial charge >= 0.3 is 10.1 Å². The molecule has 3 aromatic rings. The number of hydrogen-bond donors (Lipinski definition) is 0. The molecular formula is C24H19BrN2O5S. The van der Waals surface area contributed by atoms with Crippen molar-refractivity contribution in [2.45, 2.75) is 11.8 Å². The highest BCUT2D eigenvalue weighted by atomic mass is 79.9. The van der Waals surface area contributed by atoms with Crippen LogP contribution >= 0.6 is 15.9 Å². The van der Waals surface area contributed by atoms with E-state index in [1.165, 1.54) is 24.3 Å². The molecule has 0 saturated carbocycles. The Bertz CT molecular complexity index is 1370. The number of halogens is 1. The summed E-state index contributed by atoms with van der Waals surface area (Å²) in [4.78, 5) is 13.0. The fourth-order valence-electron chi connectivity index (χ4n) is 3.24. The van der Waals surface area contributed by atoms with E-state index >= 15 is 0 Å². The molecule has 0 saturated heterocycles. The Hall–Kier alpha value is -3.43. The van der Waals surface area contributed by atoms with Gasteiger partial charge in [0.1, 0.15) is 4.90 Å². The molecule has 0 bridgehead atoms. The molecule has 7 nitrogen and oxygen atoms in total. The highest BCUT2D eigenvalue weighted by molar-refractivity contribution is 9.10. The van der Waals surface area contributed by atoms with Gasteiger partial charge in [0.2, 0.25) is 0 Å². The number of nitrogens with zero attached hydrogens (tertiary/aromatic N) is 2. The summed E-state index contributed by atoms with van der Waals surface area (Å²) in [5.74, 6) is -0.0611. The monoisotopic (exact) mass is 526 g/mol. The summed E-state index contributed by atoms with van der Waals surface area (Å²) < 4.78 is 36.4. The first kappa shape index (κ1) is 22.8. The molecule has 9 heteroatoms. The molecule has 0 radical (unpaired) electrons. The van der Waals surface area contributed by atoms with Crippen LogP contribution in [0.5, 0.6) is 11.5 Å². The lowest BCUT2D eigenvalue weighted by Gasteiger charge is -2.14. The van der Waals surface area contributed by atoms with E-state index in [1.807, 2.05) is 18.2 Å². The zero-order valence-corrected chi connectivity index (χ0v) is 20.1. The van der Waals surface area contributed by atoms with Crippen molar-refractivity contribution in [3.63, 3.8) is 0 Å². The molecule has 1 heterocycles. The lowest BCUT2D eigenvalue weighted by Crippen LogP contribution is -2.21. The smallest absolute Gasteiger partial charge is 0.339 e. The zero-order valence-electron chi connectivity index (χ0n) is 17.7. The van der Waals surface area contributed by atoms with Gasteiger partial charge in [-0.05, 0) is 70.9 Å². The summed E-state index contributed by atoms with van der Waals surface area (Å²) in [6, 6.07) is 20.2. The van der Waals surface area contributed by atoms with Gasteiger partial charge in [-0.2, -0.15) is 18.5 Å². The Morgan fingerprint density at radius 1 is 1.00 bits per heavy atom. The van der Waals surface area contributed by atoms with E-state index in [0.717, 1.165) is 0 Å². The van der Waals surface area contributed by atoms with Gasteiger partial charge < -0.3 is 8.92 Å². The first-order valence-electron chi connectivity index (χ1n) is 9.84. The van der Waals surface area contributed by atoms with Crippen molar-refractivity contribution in [1.29, 1.82) is 0 Å². The number of carbonyl (C=O) groups is 1. The van der Waals surface area contributed by atoms with Crippen LogP contribution in [-0.2, 0) is 14.9 Å². The Kier molecular flexibility index (Phi) is 6.35. The Morgan fingerprint density at radius 3 is 2.27 bits per heavy atom. The maximum atomic E-state index is 13.0. The molecule has 0 unspecified atom stereocenters. The van der Waals surface area contributed by atoms with E-state index < -0.39 is 10.1 Å². The molecule has 0 N–H and O–H groups in total. The van der Waals surface area contributed by atoms with Gasteiger partial charge in [0.25, 0.3) is 5.91 Å². The lowest BCUT2D eigenvalue weighted by atomic mass is 10.1. The van der Waals surface area contributed by atoms with Crippen LogP contribution in [0.3, 0.4) is 0 Å². The van der Waals surface area contributed by atoms with Crippen LogP contribution < -0.4 is 13.9 Å². The van der Waals surface area contributed by atoms with Crippen molar-refractivity contribution in [1.82, 2.24) is 0 Å². The largest absolute Gasteiger partial charge is 0.493 e. The standard InChI is InChI=1S/C24H19BrN2O5S/c1-16-20(24(28)27(26-16)18-9-5-3-6-10-18)13-17-14-21(25)23(22(15-17)31-2)32-33(29,30)19-11-7-4-8-12-19/h3-15H,1-2H3/b20-13+. The molecule has 1 amide bonds. The molecule has 33 heavy (non-hydrogen) atoms. The number of amides is 1. The van der Waals surface area contributed by atoms with Crippen LogP contribution in [0.4, 0.5) is 5.69 Å². The molecule has 4 rings (SSSR count). The molecular weight excluding hydrogens is 508 g/mol. The van der Waals surface area contributed by atoms with Crippen LogP contribution in [0.1, 0.15) is 12.5 Å². The number of methoxy groups -OCH3 is 1. The molecule has 0 atom stereocenters. The van der Waals surface area contributed by atoms with Crippen LogP contribution in [-0.4, -0.2) is 27.1 Å². The topological polar surface area (TPSA) is 85.3 Å². The van der Waals surface area contributed by atoms with Crippen LogP contribution in [0.15, 0.2) is 92.8 Å². The predicted molar refractivity (Wildman–Crippen MR) is 130 cm³/mol. The summed E-state index contributed by atoms with van der Waals surface area (Å²) in [5, 5.41) is 5.71. The summed E-state index contributed by atoms with van der Waals surface area (Å²) >= 11 is 3.37. The third-order valence-corrected chi connectivity index (χ3v) is 6.68. The summed E-state index contributed by atoms with van der Waals surface area (Å²) in [6.07, 6.45) is 1.67. The predicted octanol–water partition coefficient (Wildman–Crippen LogP) is 5.03. The van der Waals surface area contributed by atoms with Crippen molar-refractivity contribution in [3.05, 3.63) is 88.4 Å². The maximum Gasteiger partial charge on any atom is 0.339 e. The van der Waals surface area contributed by atoms with Gasteiger partial charge in [-0.25, -0.2) is 0 Å². The Morgan fingerprint density at radius 2 is 1.64 bits per heavy atom. The van der Waals surface area contributed by atoms with Gasteiger partial charge in [-0.15, -0.1) is 0 Å². The van der Waals surface area contributed by atoms with Gasteiger partial charge in [0.05, 0.1) is 28.6 Å². The highest BCUT2D eigenvalue weighted by Gasteiger charge is 2.29. The number of para-hydroxylation sites is 1. The summed E-state index contributed by atoms with van der Waals surface area (Å²) in [6.45, 7) is 1.75. The molecule has 1 aliphatic rings. The molecule has 0 aliphatic carbocycles. The normalized spacial score (nSPS) is 15.0. The van der Waals surface area contributed by atoms with Gasteiger partial charge in [-0.3, -0.25) is 4.79 Å². The van der Waals surface area contributed by atoms with Gasteiger partial charge in [-0.1, -0.05) is 36.4 Å². The second kappa shape index (κ2) is 9.21. The minimum Gasteiger partial charge on any atom is -0.493 e. The van der Waals surface area contributed by atoms with Crippen molar-refractivity contribution in [2.75, 3.05) is 12.1 Å². The Labute approximate surface area is 200 Å². The third-order valence-electron chi connectivity index (χ3n) is 4.85. The Balaban J connectivity index is 1.67. The number of anilines is 1. The number of benzene rings is 3. The number of carbonyl (C=O) groups excluding carboxylic acids is 1. The first-order chi connectivity index (χ1) is 15.8. The number of hydrazone groups is 1. The number of hydrogen-bond acceptors (Lipinski definition) is 6. The highest BCUT2D eigenvalue weighted by Crippen LogP contribution is 2.39. The van der Waals surface area contributed by atoms with E-state index in [9.17, 15) is 13.2 Å². The number of rotatable bonds is 6. The van der Waals surface area contributed by atoms with Crippen LogP contribution in [0, 0.1) is 0 Å². The SMILES string of the molecule is COc1cc(/C=C2/C(=O)N(c3ccccc3)N=C2C)cc(Br)c1OS(=O)(=O)c1ccccc1. The lowest BCUT2D eigenvalue weighted by molar-refractivity contribution is -0.114.